The number of carbonyl (C=O) groups excluding carboxylic acids is 2. The zero-order valence-corrected chi connectivity index (χ0v) is 16.7. The van der Waals surface area contributed by atoms with Crippen LogP contribution in [0.5, 0.6) is 0 Å². The van der Waals surface area contributed by atoms with E-state index in [1.54, 1.807) is 29.1 Å². The Hall–Kier alpha value is -3.75. The van der Waals surface area contributed by atoms with Crippen molar-refractivity contribution >= 4 is 29.0 Å². The molecule has 0 saturated carbocycles. The van der Waals surface area contributed by atoms with Crippen molar-refractivity contribution in [1.82, 2.24) is 19.7 Å². The minimum absolute atomic E-state index is 0.0407. The number of hydrogen-bond donors (Lipinski definition) is 2. The molecule has 3 aromatic rings. The maximum Gasteiger partial charge on any atom is 0.229 e. The van der Waals surface area contributed by atoms with Gasteiger partial charge in [0.2, 0.25) is 11.8 Å². The Kier molecular flexibility index (Phi) is 5.69. The average molecular weight is 405 g/mol. The summed E-state index contributed by atoms with van der Waals surface area (Å²) >= 11 is 0. The fourth-order valence-corrected chi connectivity index (χ4v) is 3.56. The Balaban J connectivity index is 1.43. The molecule has 0 bridgehead atoms. The summed E-state index contributed by atoms with van der Waals surface area (Å²) in [6.45, 7) is 2.86. The molecular formula is C21H23N7O2. The van der Waals surface area contributed by atoms with Gasteiger partial charge in [-0.1, -0.05) is 6.07 Å². The summed E-state index contributed by atoms with van der Waals surface area (Å²) in [7, 11) is 0. The van der Waals surface area contributed by atoms with E-state index in [4.69, 9.17) is 0 Å². The van der Waals surface area contributed by atoms with E-state index in [1.165, 1.54) is 13.3 Å². The number of anilines is 3. The van der Waals surface area contributed by atoms with Crippen LogP contribution in [0.15, 0.2) is 55.1 Å². The lowest BCUT2D eigenvalue weighted by Crippen LogP contribution is -2.41. The van der Waals surface area contributed by atoms with Crippen LogP contribution >= 0.6 is 0 Å². The predicted molar refractivity (Wildman–Crippen MR) is 113 cm³/mol. The number of benzene rings is 1. The molecule has 2 aromatic heterocycles. The Morgan fingerprint density at radius 3 is 2.63 bits per heavy atom. The summed E-state index contributed by atoms with van der Waals surface area (Å²) in [5.41, 5.74) is 1.31. The van der Waals surface area contributed by atoms with Crippen LogP contribution in [-0.2, 0) is 9.59 Å². The third-order valence-electron chi connectivity index (χ3n) is 4.94. The largest absolute Gasteiger partial charge is 0.356 e. The number of piperidine rings is 1. The highest BCUT2D eigenvalue weighted by Crippen LogP contribution is 2.24. The molecule has 9 nitrogen and oxygen atoms in total. The van der Waals surface area contributed by atoms with Gasteiger partial charge in [0.1, 0.15) is 12.1 Å². The van der Waals surface area contributed by atoms with Gasteiger partial charge in [-0.05, 0) is 37.1 Å². The third kappa shape index (κ3) is 4.62. The molecule has 1 saturated heterocycles. The van der Waals surface area contributed by atoms with Crippen LogP contribution in [-0.4, -0.2) is 44.7 Å². The lowest BCUT2D eigenvalue weighted by Gasteiger charge is -2.32. The first-order valence-electron chi connectivity index (χ1n) is 9.84. The Labute approximate surface area is 174 Å². The second-order valence-electron chi connectivity index (χ2n) is 7.22. The van der Waals surface area contributed by atoms with Crippen molar-refractivity contribution in [3.8, 4) is 5.82 Å². The monoisotopic (exact) mass is 405 g/mol. The van der Waals surface area contributed by atoms with Crippen molar-refractivity contribution < 1.29 is 9.59 Å². The van der Waals surface area contributed by atoms with E-state index in [2.05, 4.69) is 30.6 Å². The molecule has 1 fully saturated rings. The number of nitrogens with one attached hydrogen (secondary N) is 2. The molecule has 1 aliphatic rings. The van der Waals surface area contributed by atoms with E-state index >= 15 is 0 Å². The molecular weight excluding hydrogens is 382 g/mol. The van der Waals surface area contributed by atoms with Gasteiger partial charge in [-0.15, -0.1) is 0 Å². The van der Waals surface area contributed by atoms with Crippen LogP contribution in [0.25, 0.3) is 5.82 Å². The highest BCUT2D eigenvalue weighted by molar-refractivity contribution is 5.94. The number of nitrogens with zero attached hydrogens (tertiary/aromatic N) is 5. The van der Waals surface area contributed by atoms with Crippen LogP contribution < -0.4 is 15.5 Å². The van der Waals surface area contributed by atoms with Gasteiger partial charge < -0.3 is 15.5 Å². The van der Waals surface area contributed by atoms with Gasteiger partial charge >= 0.3 is 0 Å². The number of carbonyl (C=O) groups is 2. The summed E-state index contributed by atoms with van der Waals surface area (Å²) in [5.74, 6) is 1.11. The minimum atomic E-state index is -0.161. The average Bonchev–Trinajstić information content (AvgIpc) is 3.29. The SMILES string of the molecule is CC(=O)Nc1cccc(NC(=O)C2CCCN(c3cc(-n4cccn4)ncn3)C2)c1. The summed E-state index contributed by atoms with van der Waals surface area (Å²) in [4.78, 5) is 34.9. The number of hydrogen-bond acceptors (Lipinski definition) is 6. The molecule has 0 aliphatic carbocycles. The Morgan fingerprint density at radius 2 is 1.87 bits per heavy atom. The fraction of sp³-hybridized carbons (Fsp3) is 0.286. The van der Waals surface area contributed by atoms with Gasteiger partial charge in [0.05, 0.1) is 5.92 Å². The molecule has 3 heterocycles. The molecule has 2 amide bonds. The lowest BCUT2D eigenvalue weighted by atomic mass is 9.97. The second-order valence-corrected chi connectivity index (χ2v) is 7.22. The summed E-state index contributed by atoms with van der Waals surface area (Å²) in [5, 5.41) is 9.90. The smallest absolute Gasteiger partial charge is 0.229 e. The van der Waals surface area contributed by atoms with E-state index in [1.807, 2.05) is 24.4 Å². The zero-order valence-electron chi connectivity index (χ0n) is 16.7. The number of rotatable bonds is 5. The normalized spacial score (nSPS) is 16.2. The van der Waals surface area contributed by atoms with Crippen LogP contribution in [0.3, 0.4) is 0 Å². The second kappa shape index (κ2) is 8.73. The molecule has 154 valence electrons. The molecule has 2 N–H and O–H groups in total. The molecule has 1 aromatic carbocycles. The van der Waals surface area contributed by atoms with Crippen LogP contribution in [0, 0.1) is 5.92 Å². The van der Waals surface area contributed by atoms with Crippen molar-refractivity contribution in [2.45, 2.75) is 19.8 Å². The topological polar surface area (TPSA) is 105 Å². The first kappa shape index (κ1) is 19.6. The van der Waals surface area contributed by atoms with E-state index in [-0.39, 0.29) is 17.7 Å². The van der Waals surface area contributed by atoms with Crippen LogP contribution in [0.1, 0.15) is 19.8 Å². The third-order valence-corrected chi connectivity index (χ3v) is 4.94. The predicted octanol–water partition coefficient (Wildman–Crippen LogP) is 2.48. The molecule has 1 aliphatic heterocycles. The van der Waals surface area contributed by atoms with E-state index in [9.17, 15) is 9.59 Å². The van der Waals surface area contributed by atoms with Gasteiger partial charge in [-0.3, -0.25) is 9.59 Å². The highest BCUT2D eigenvalue weighted by atomic mass is 16.2. The van der Waals surface area contributed by atoms with Gasteiger partial charge in [-0.25, -0.2) is 14.6 Å². The Bertz CT molecular complexity index is 1040. The first-order valence-corrected chi connectivity index (χ1v) is 9.84. The number of aromatic nitrogens is 4. The summed E-state index contributed by atoms with van der Waals surface area (Å²) < 4.78 is 1.68. The quantitative estimate of drug-likeness (QED) is 0.676. The summed E-state index contributed by atoms with van der Waals surface area (Å²) in [6.07, 6.45) is 6.75. The fourth-order valence-electron chi connectivity index (χ4n) is 3.56. The zero-order chi connectivity index (χ0) is 20.9. The Morgan fingerprint density at radius 1 is 1.07 bits per heavy atom. The summed E-state index contributed by atoms with van der Waals surface area (Å²) in [6, 6.07) is 10.9. The van der Waals surface area contributed by atoms with Crippen LogP contribution in [0.2, 0.25) is 0 Å². The minimum Gasteiger partial charge on any atom is -0.356 e. The highest BCUT2D eigenvalue weighted by Gasteiger charge is 2.27. The van der Waals surface area contributed by atoms with Crippen molar-refractivity contribution in [3.05, 3.63) is 55.1 Å². The maximum atomic E-state index is 12.9. The molecule has 30 heavy (non-hydrogen) atoms. The molecule has 9 heteroatoms. The van der Waals surface area contributed by atoms with Crippen molar-refractivity contribution in [1.29, 1.82) is 0 Å². The van der Waals surface area contributed by atoms with Crippen LogP contribution in [0.4, 0.5) is 17.2 Å². The van der Waals surface area contributed by atoms with Gasteiger partial charge in [0.25, 0.3) is 0 Å². The number of amides is 2. The van der Waals surface area contributed by atoms with Crippen molar-refractivity contribution in [3.63, 3.8) is 0 Å². The van der Waals surface area contributed by atoms with Crippen molar-refractivity contribution in [2.75, 3.05) is 28.6 Å². The molecule has 0 radical (unpaired) electrons. The van der Waals surface area contributed by atoms with Gasteiger partial charge in [0, 0.05) is 49.8 Å². The first-order chi connectivity index (χ1) is 14.6. The van der Waals surface area contributed by atoms with Gasteiger partial charge in [-0.2, -0.15) is 5.10 Å². The lowest BCUT2D eigenvalue weighted by molar-refractivity contribution is -0.120. The molecule has 4 rings (SSSR count). The van der Waals surface area contributed by atoms with Crippen molar-refractivity contribution in [2.24, 2.45) is 5.92 Å². The maximum absolute atomic E-state index is 12.9. The standard InChI is InChI=1S/C21H23N7O2/c1-15(29)25-17-6-2-7-18(11-17)26-21(30)16-5-3-9-27(13-16)19-12-20(23-14-22-19)28-10-4-8-24-28/h2,4,6-8,10-12,14,16H,3,5,9,13H2,1H3,(H,25,29)(H,26,30). The van der Waals surface area contributed by atoms with E-state index in [0.717, 1.165) is 25.2 Å². The molecule has 1 unspecified atom stereocenters. The van der Waals surface area contributed by atoms with E-state index in [0.29, 0.717) is 23.7 Å². The molecule has 1 atom stereocenters. The molecule has 0 spiro atoms. The van der Waals surface area contributed by atoms with E-state index < -0.39 is 0 Å². The van der Waals surface area contributed by atoms with Gasteiger partial charge in [0.15, 0.2) is 5.82 Å².